The van der Waals surface area contributed by atoms with Crippen LogP contribution < -0.4 is 5.32 Å². The van der Waals surface area contributed by atoms with Crippen molar-refractivity contribution in [3.8, 4) is 16.9 Å². The summed E-state index contributed by atoms with van der Waals surface area (Å²) in [6, 6.07) is 18.3. The number of carbonyl (C=O) groups is 1. The number of nitrogens with one attached hydrogen (secondary N) is 1. The summed E-state index contributed by atoms with van der Waals surface area (Å²) in [5.41, 5.74) is 3.55. The average Bonchev–Trinajstić information content (AvgIpc) is 3.02. The second-order valence-electron chi connectivity index (χ2n) is 6.53. The molecule has 0 fully saturated rings. The minimum atomic E-state index is -0.882. The third-order valence-electron chi connectivity index (χ3n) is 4.83. The molecule has 146 valence electrons. The highest BCUT2D eigenvalue weighted by molar-refractivity contribution is 9.10. The van der Waals surface area contributed by atoms with Crippen LogP contribution in [0.25, 0.3) is 11.1 Å². The molecule has 1 amide bonds. The first-order valence-corrected chi connectivity index (χ1v) is 9.54. The lowest BCUT2D eigenvalue weighted by Gasteiger charge is -2.15. The summed E-state index contributed by atoms with van der Waals surface area (Å²) in [5.74, 6) is -0.568. The number of aromatic hydroxyl groups is 1. The number of carbonyl (C=O) groups excluding carboxylic acids is 1. The molecule has 0 saturated heterocycles. The Morgan fingerprint density at radius 1 is 1.10 bits per heavy atom. The molecule has 0 aromatic heterocycles. The van der Waals surface area contributed by atoms with Crippen LogP contribution in [-0.2, 0) is 4.74 Å². The molecule has 8 heteroatoms. The molecule has 0 aliphatic heterocycles. The van der Waals surface area contributed by atoms with Gasteiger partial charge in [0.05, 0.1) is 4.92 Å². The Bertz CT molecular complexity index is 1090. The van der Waals surface area contributed by atoms with Gasteiger partial charge in [0.15, 0.2) is 5.69 Å². The smallest absolute Gasteiger partial charge is 0.411 e. The first-order chi connectivity index (χ1) is 14.0. The lowest BCUT2D eigenvalue weighted by atomic mass is 9.98. The number of hydrogen-bond acceptors (Lipinski definition) is 5. The molecule has 1 aliphatic rings. The Morgan fingerprint density at radius 3 is 2.28 bits per heavy atom. The molecule has 2 N–H and O–H groups in total. The maximum absolute atomic E-state index is 12.3. The Hall–Kier alpha value is -3.39. The highest BCUT2D eigenvalue weighted by atomic mass is 79.9. The monoisotopic (exact) mass is 454 g/mol. The lowest BCUT2D eigenvalue weighted by molar-refractivity contribution is -0.384. The van der Waals surface area contributed by atoms with Crippen LogP contribution in [0, 0.1) is 10.1 Å². The van der Waals surface area contributed by atoms with E-state index in [1.54, 1.807) is 0 Å². The zero-order valence-electron chi connectivity index (χ0n) is 15.0. The fourth-order valence-corrected chi connectivity index (χ4v) is 4.02. The van der Waals surface area contributed by atoms with Crippen LogP contribution in [0.15, 0.2) is 65.1 Å². The number of halogens is 1. The number of rotatable bonds is 4. The molecular weight excluding hydrogens is 440 g/mol. The van der Waals surface area contributed by atoms with Crippen LogP contribution in [0.3, 0.4) is 0 Å². The molecule has 0 heterocycles. The van der Waals surface area contributed by atoms with Gasteiger partial charge in [0.25, 0.3) is 5.69 Å². The summed E-state index contributed by atoms with van der Waals surface area (Å²) in [7, 11) is 0. The van der Waals surface area contributed by atoms with Gasteiger partial charge in [-0.3, -0.25) is 15.4 Å². The maximum Gasteiger partial charge on any atom is 0.411 e. The van der Waals surface area contributed by atoms with Crippen LogP contribution in [0.4, 0.5) is 16.2 Å². The molecular formula is C21H15BrN2O5. The van der Waals surface area contributed by atoms with E-state index < -0.39 is 22.5 Å². The fourth-order valence-electron chi connectivity index (χ4n) is 3.59. The highest BCUT2D eigenvalue weighted by Crippen LogP contribution is 2.44. The van der Waals surface area contributed by atoms with Gasteiger partial charge in [0, 0.05) is 16.5 Å². The Kier molecular flexibility index (Phi) is 4.94. The summed E-state index contributed by atoms with van der Waals surface area (Å²) in [5, 5.41) is 23.5. The van der Waals surface area contributed by atoms with Crippen LogP contribution in [0.5, 0.6) is 5.75 Å². The predicted octanol–water partition coefficient (Wildman–Crippen LogP) is 5.42. The number of nitrogens with zero attached hydrogens (tertiary/aromatic N) is 1. The molecule has 0 atom stereocenters. The van der Waals surface area contributed by atoms with Gasteiger partial charge in [-0.15, -0.1) is 0 Å². The van der Waals surface area contributed by atoms with E-state index in [0.717, 1.165) is 22.3 Å². The van der Waals surface area contributed by atoms with E-state index in [4.69, 9.17) is 4.74 Å². The average molecular weight is 455 g/mol. The van der Waals surface area contributed by atoms with Crippen molar-refractivity contribution in [3.63, 3.8) is 0 Å². The zero-order chi connectivity index (χ0) is 20.5. The molecule has 0 unspecified atom stereocenters. The molecule has 1 aliphatic carbocycles. The largest absolute Gasteiger partial charge is 0.505 e. The minimum Gasteiger partial charge on any atom is -0.505 e. The minimum absolute atomic E-state index is 0.0605. The standard InChI is InChI=1S/C21H15BrN2O5/c22-12-9-18(24(27)28)20(19(25)10-12)23-21(26)29-11-17-15-7-3-1-5-13(15)14-6-2-4-8-16(14)17/h1-10,17,25H,11H2,(H,23,26). The number of anilines is 1. The number of benzene rings is 3. The molecule has 0 bridgehead atoms. The molecule has 3 aromatic carbocycles. The summed E-state index contributed by atoms with van der Waals surface area (Å²) in [6.45, 7) is 0.0605. The molecule has 29 heavy (non-hydrogen) atoms. The summed E-state index contributed by atoms with van der Waals surface area (Å²) in [6.07, 6.45) is -0.882. The predicted molar refractivity (Wildman–Crippen MR) is 111 cm³/mol. The second-order valence-corrected chi connectivity index (χ2v) is 7.44. The normalized spacial score (nSPS) is 12.2. The number of nitro benzene ring substituents is 1. The van der Waals surface area contributed by atoms with E-state index >= 15 is 0 Å². The van der Waals surface area contributed by atoms with Gasteiger partial charge in [-0.25, -0.2) is 4.79 Å². The van der Waals surface area contributed by atoms with Crippen molar-refractivity contribution in [1.29, 1.82) is 0 Å². The Morgan fingerprint density at radius 2 is 1.69 bits per heavy atom. The summed E-state index contributed by atoms with van der Waals surface area (Å²) < 4.78 is 5.69. The number of hydrogen-bond donors (Lipinski definition) is 2. The van der Waals surface area contributed by atoms with Crippen molar-refractivity contribution in [3.05, 3.63) is 86.4 Å². The fraction of sp³-hybridized carbons (Fsp3) is 0.0952. The topological polar surface area (TPSA) is 102 Å². The van der Waals surface area contributed by atoms with Gasteiger partial charge in [-0.2, -0.15) is 0 Å². The van der Waals surface area contributed by atoms with Crippen LogP contribution in [0.1, 0.15) is 17.0 Å². The lowest BCUT2D eigenvalue weighted by Crippen LogP contribution is -2.18. The van der Waals surface area contributed by atoms with Crippen LogP contribution in [-0.4, -0.2) is 22.7 Å². The molecule has 0 radical (unpaired) electrons. The SMILES string of the molecule is O=C(Nc1c(O)cc(Br)cc1[N+](=O)[O-])OCC1c2ccccc2-c2ccccc21. The highest BCUT2D eigenvalue weighted by Gasteiger charge is 2.29. The van der Waals surface area contributed by atoms with Gasteiger partial charge in [0.1, 0.15) is 12.4 Å². The van der Waals surface area contributed by atoms with Gasteiger partial charge < -0.3 is 9.84 Å². The molecule has 0 spiro atoms. The zero-order valence-corrected chi connectivity index (χ0v) is 16.5. The number of phenols is 1. The molecule has 3 aromatic rings. The van der Waals surface area contributed by atoms with E-state index in [1.807, 2.05) is 48.5 Å². The number of ether oxygens (including phenoxy) is 1. The molecule has 4 rings (SSSR count). The molecule has 7 nitrogen and oxygen atoms in total. The van der Waals surface area contributed by atoms with E-state index in [-0.39, 0.29) is 18.2 Å². The number of nitro groups is 1. The second kappa shape index (κ2) is 7.56. The first-order valence-electron chi connectivity index (χ1n) is 8.74. The third-order valence-corrected chi connectivity index (χ3v) is 5.29. The number of fused-ring (bicyclic) bond motifs is 3. The van der Waals surface area contributed by atoms with Crippen molar-refractivity contribution in [2.24, 2.45) is 0 Å². The van der Waals surface area contributed by atoms with Gasteiger partial charge >= 0.3 is 6.09 Å². The van der Waals surface area contributed by atoms with Crippen molar-refractivity contribution < 1.29 is 19.6 Å². The number of amides is 1. The molecule has 0 saturated carbocycles. The van der Waals surface area contributed by atoms with E-state index in [1.165, 1.54) is 12.1 Å². The van der Waals surface area contributed by atoms with Crippen LogP contribution in [0.2, 0.25) is 0 Å². The first kappa shape index (κ1) is 18.9. The van der Waals surface area contributed by atoms with E-state index in [9.17, 15) is 20.0 Å². The maximum atomic E-state index is 12.3. The Balaban J connectivity index is 1.54. The third kappa shape index (κ3) is 3.54. The van der Waals surface area contributed by atoms with Crippen LogP contribution >= 0.6 is 15.9 Å². The van der Waals surface area contributed by atoms with Crippen molar-refractivity contribution in [2.45, 2.75) is 5.92 Å². The van der Waals surface area contributed by atoms with Gasteiger partial charge in [-0.05, 0) is 28.3 Å². The summed E-state index contributed by atoms with van der Waals surface area (Å²) in [4.78, 5) is 22.9. The number of phenolic OH excluding ortho intramolecular Hbond substituents is 1. The van der Waals surface area contributed by atoms with Crippen molar-refractivity contribution in [2.75, 3.05) is 11.9 Å². The van der Waals surface area contributed by atoms with Crippen molar-refractivity contribution >= 4 is 33.4 Å². The van der Waals surface area contributed by atoms with Crippen molar-refractivity contribution in [1.82, 2.24) is 0 Å². The van der Waals surface area contributed by atoms with Gasteiger partial charge in [0.2, 0.25) is 0 Å². The van der Waals surface area contributed by atoms with Gasteiger partial charge in [-0.1, -0.05) is 64.5 Å². The van der Waals surface area contributed by atoms with E-state index in [2.05, 4.69) is 21.2 Å². The Labute approximate surface area is 174 Å². The quantitative estimate of drug-likeness (QED) is 0.311. The summed E-state index contributed by atoms with van der Waals surface area (Å²) >= 11 is 3.08. The van der Waals surface area contributed by atoms with E-state index in [0.29, 0.717) is 4.47 Å².